The summed E-state index contributed by atoms with van der Waals surface area (Å²) in [6.07, 6.45) is 2.04. The maximum atomic E-state index is 12.2. The number of benzene rings is 1. The Morgan fingerprint density at radius 2 is 2.00 bits per heavy atom. The molecule has 0 aliphatic heterocycles. The number of carbonyl (C=O) groups excluding carboxylic acids is 1. The molecule has 0 fully saturated rings. The van der Waals surface area contributed by atoms with E-state index < -0.39 is 0 Å². The second kappa shape index (κ2) is 6.62. The molecule has 106 valence electrons. The van der Waals surface area contributed by atoms with Gasteiger partial charge in [0.15, 0.2) is 5.76 Å². The monoisotopic (exact) mass is 291 g/mol. The minimum atomic E-state index is -0.100. The van der Waals surface area contributed by atoms with Crippen molar-refractivity contribution in [1.29, 1.82) is 0 Å². The van der Waals surface area contributed by atoms with Crippen molar-refractivity contribution in [2.45, 2.75) is 19.8 Å². The van der Waals surface area contributed by atoms with Crippen LogP contribution < -0.4 is 0 Å². The third kappa shape index (κ3) is 3.23. The van der Waals surface area contributed by atoms with Crippen molar-refractivity contribution in [3.05, 3.63) is 47.2 Å². The van der Waals surface area contributed by atoms with Crippen molar-refractivity contribution in [3.63, 3.8) is 0 Å². The maximum Gasteiger partial charge on any atom is 0.289 e. The highest BCUT2D eigenvalue weighted by molar-refractivity contribution is 6.33. The highest BCUT2D eigenvalue weighted by Crippen LogP contribution is 2.29. The number of hydrogen-bond acceptors (Lipinski definition) is 2. The molecule has 0 atom stereocenters. The number of halogens is 1. The molecule has 0 bridgehead atoms. The Hall–Kier alpha value is -1.74. The molecule has 0 radical (unpaired) electrons. The summed E-state index contributed by atoms with van der Waals surface area (Å²) in [6, 6.07) is 10.9. The van der Waals surface area contributed by atoms with Gasteiger partial charge in [-0.1, -0.05) is 37.1 Å². The normalized spacial score (nSPS) is 10.6. The van der Waals surface area contributed by atoms with Gasteiger partial charge < -0.3 is 9.32 Å². The zero-order valence-corrected chi connectivity index (χ0v) is 12.5. The standard InChI is InChI=1S/C16H18ClNO2/c1-3-4-11-18(2)16(19)15-10-9-14(20-15)12-7-5-6-8-13(12)17/h5-10H,3-4,11H2,1-2H3. The van der Waals surface area contributed by atoms with Gasteiger partial charge in [-0.05, 0) is 30.7 Å². The molecule has 4 heteroatoms. The summed E-state index contributed by atoms with van der Waals surface area (Å²) in [4.78, 5) is 13.9. The summed E-state index contributed by atoms with van der Waals surface area (Å²) in [7, 11) is 1.79. The van der Waals surface area contributed by atoms with Gasteiger partial charge in [-0.2, -0.15) is 0 Å². The van der Waals surface area contributed by atoms with Gasteiger partial charge in [0, 0.05) is 19.2 Å². The third-order valence-corrected chi connectivity index (χ3v) is 3.48. The molecule has 1 heterocycles. The van der Waals surface area contributed by atoms with E-state index >= 15 is 0 Å². The molecule has 20 heavy (non-hydrogen) atoms. The fourth-order valence-corrected chi connectivity index (χ4v) is 2.17. The Bertz CT molecular complexity index is 592. The fourth-order valence-electron chi connectivity index (χ4n) is 1.94. The van der Waals surface area contributed by atoms with Crippen molar-refractivity contribution < 1.29 is 9.21 Å². The summed E-state index contributed by atoms with van der Waals surface area (Å²) in [5.41, 5.74) is 0.796. The van der Waals surface area contributed by atoms with E-state index in [9.17, 15) is 4.79 Å². The zero-order valence-electron chi connectivity index (χ0n) is 11.7. The number of amides is 1. The van der Waals surface area contributed by atoms with E-state index in [0.717, 1.165) is 24.9 Å². The average molecular weight is 292 g/mol. The van der Waals surface area contributed by atoms with Gasteiger partial charge in [0.25, 0.3) is 5.91 Å². The van der Waals surface area contributed by atoms with Gasteiger partial charge in [0.1, 0.15) is 5.76 Å². The minimum absolute atomic E-state index is 0.100. The highest BCUT2D eigenvalue weighted by Gasteiger charge is 2.16. The van der Waals surface area contributed by atoms with Gasteiger partial charge in [-0.25, -0.2) is 0 Å². The molecule has 1 aromatic heterocycles. The highest BCUT2D eigenvalue weighted by atomic mass is 35.5. The second-order valence-electron chi connectivity index (χ2n) is 4.72. The average Bonchev–Trinajstić information content (AvgIpc) is 2.94. The SMILES string of the molecule is CCCCN(C)C(=O)c1ccc(-c2ccccc2Cl)o1. The molecule has 0 saturated heterocycles. The predicted octanol–water partition coefficient (Wildman–Crippen LogP) is 4.47. The number of rotatable bonds is 5. The number of nitrogens with zero attached hydrogens (tertiary/aromatic N) is 1. The van der Waals surface area contributed by atoms with Crippen LogP contribution in [0.25, 0.3) is 11.3 Å². The lowest BCUT2D eigenvalue weighted by atomic mass is 10.2. The van der Waals surface area contributed by atoms with Crippen molar-refractivity contribution in [2.24, 2.45) is 0 Å². The smallest absolute Gasteiger partial charge is 0.289 e. The second-order valence-corrected chi connectivity index (χ2v) is 5.13. The molecule has 0 N–H and O–H groups in total. The van der Waals surface area contributed by atoms with Crippen LogP contribution in [0.3, 0.4) is 0 Å². The van der Waals surface area contributed by atoms with Crippen LogP contribution in [0.2, 0.25) is 5.02 Å². The first kappa shape index (κ1) is 14.7. The number of hydrogen-bond donors (Lipinski definition) is 0. The largest absolute Gasteiger partial charge is 0.451 e. The van der Waals surface area contributed by atoms with E-state index in [1.54, 1.807) is 30.1 Å². The predicted molar refractivity (Wildman–Crippen MR) is 81.0 cm³/mol. The van der Waals surface area contributed by atoms with Crippen LogP contribution >= 0.6 is 11.6 Å². The molecule has 1 amide bonds. The summed E-state index contributed by atoms with van der Waals surface area (Å²) in [6.45, 7) is 2.83. The van der Waals surface area contributed by atoms with E-state index in [1.165, 1.54) is 0 Å². The molecular weight excluding hydrogens is 274 g/mol. The van der Waals surface area contributed by atoms with E-state index in [-0.39, 0.29) is 5.91 Å². The first-order valence-electron chi connectivity index (χ1n) is 6.73. The molecular formula is C16H18ClNO2. The lowest BCUT2D eigenvalue weighted by molar-refractivity contribution is 0.0763. The van der Waals surface area contributed by atoms with Crippen LogP contribution in [0.5, 0.6) is 0 Å². The Balaban J connectivity index is 2.17. The van der Waals surface area contributed by atoms with Gasteiger partial charge in [-0.3, -0.25) is 4.79 Å². The van der Waals surface area contributed by atoms with Crippen molar-refractivity contribution in [2.75, 3.05) is 13.6 Å². The van der Waals surface area contributed by atoms with Gasteiger partial charge in [0.05, 0.1) is 5.02 Å². The van der Waals surface area contributed by atoms with Crippen LogP contribution in [-0.2, 0) is 0 Å². The van der Waals surface area contributed by atoms with Gasteiger partial charge in [0.2, 0.25) is 0 Å². The zero-order chi connectivity index (χ0) is 14.5. The van der Waals surface area contributed by atoms with Crippen LogP contribution in [0.15, 0.2) is 40.8 Å². The Morgan fingerprint density at radius 1 is 1.25 bits per heavy atom. The fraction of sp³-hybridized carbons (Fsp3) is 0.312. The molecule has 0 unspecified atom stereocenters. The van der Waals surface area contributed by atoms with Crippen molar-refractivity contribution >= 4 is 17.5 Å². The first-order valence-corrected chi connectivity index (χ1v) is 7.11. The molecule has 1 aromatic carbocycles. The van der Waals surface area contributed by atoms with E-state index in [0.29, 0.717) is 16.5 Å². The van der Waals surface area contributed by atoms with Crippen molar-refractivity contribution in [3.8, 4) is 11.3 Å². The Kier molecular flexibility index (Phi) is 4.85. The Morgan fingerprint density at radius 3 is 2.70 bits per heavy atom. The van der Waals surface area contributed by atoms with E-state index in [4.69, 9.17) is 16.0 Å². The number of unbranched alkanes of at least 4 members (excludes halogenated alkanes) is 1. The van der Waals surface area contributed by atoms with Crippen LogP contribution in [0, 0.1) is 0 Å². The first-order chi connectivity index (χ1) is 9.63. The lowest BCUT2D eigenvalue weighted by Crippen LogP contribution is -2.27. The van der Waals surface area contributed by atoms with E-state index in [2.05, 4.69) is 6.92 Å². The van der Waals surface area contributed by atoms with Gasteiger partial charge in [-0.15, -0.1) is 0 Å². The number of furan rings is 1. The van der Waals surface area contributed by atoms with Crippen molar-refractivity contribution in [1.82, 2.24) is 4.90 Å². The van der Waals surface area contributed by atoms with Gasteiger partial charge >= 0.3 is 0 Å². The maximum absolute atomic E-state index is 12.2. The summed E-state index contributed by atoms with van der Waals surface area (Å²) in [5.74, 6) is 0.859. The summed E-state index contributed by atoms with van der Waals surface area (Å²) >= 11 is 6.12. The summed E-state index contributed by atoms with van der Waals surface area (Å²) < 4.78 is 5.64. The Labute approximate surface area is 124 Å². The van der Waals surface area contributed by atoms with Crippen LogP contribution in [-0.4, -0.2) is 24.4 Å². The molecule has 2 rings (SSSR count). The topological polar surface area (TPSA) is 33.5 Å². The molecule has 0 aliphatic carbocycles. The minimum Gasteiger partial charge on any atom is -0.451 e. The molecule has 3 nitrogen and oxygen atoms in total. The number of carbonyl (C=O) groups is 1. The quantitative estimate of drug-likeness (QED) is 0.814. The van der Waals surface area contributed by atoms with Crippen LogP contribution in [0.4, 0.5) is 0 Å². The molecule has 0 saturated carbocycles. The molecule has 2 aromatic rings. The molecule has 0 aliphatic rings. The van der Waals surface area contributed by atoms with Crippen LogP contribution in [0.1, 0.15) is 30.3 Å². The lowest BCUT2D eigenvalue weighted by Gasteiger charge is -2.14. The summed E-state index contributed by atoms with van der Waals surface area (Å²) in [5, 5.41) is 0.611. The third-order valence-electron chi connectivity index (χ3n) is 3.15. The van der Waals surface area contributed by atoms with E-state index in [1.807, 2.05) is 18.2 Å². The molecule has 0 spiro atoms.